The van der Waals surface area contributed by atoms with Crippen LogP contribution in [-0.4, -0.2) is 24.7 Å². The molecule has 1 atom stereocenters. The maximum absolute atomic E-state index is 11.9. The number of benzene rings is 2. The number of aliphatic hydroxyl groups excluding tert-OH is 1. The molecule has 2 N–H and O–H groups in total. The summed E-state index contributed by atoms with van der Waals surface area (Å²) in [5.74, 6) is 0.505. The van der Waals surface area contributed by atoms with Crippen LogP contribution < -0.4 is 10.1 Å². The molecule has 1 amide bonds. The highest BCUT2D eigenvalue weighted by molar-refractivity contribution is 5.94. The van der Waals surface area contributed by atoms with E-state index in [1.165, 1.54) is 6.08 Å². The lowest BCUT2D eigenvalue weighted by molar-refractivity contribution is -0.116. The second-order valence-corrected chi connectivity index (χ2v) is 5.23. The van der Waals surface area contributed by atoms with E-state index in [4.69, 9.17) is 4.74 Å². The average molecular weight is 311 g/mol. The number of hydrogen-bond acceptors (Lipinski definition) is 3. The van der Waals surface area contributed by atoms with Gasteiger partial charge in [-0.15, -0.1) is 0 Å². The summed E-state index contributed by atoms with van der Waals surface area (Å²) in [6, 6.07) is 16.8. The summed E-state index contributed by atoms with van der Waals surface area (Å²) in [5.41, 5.74) is 2.61. The maximum atomic E-state index is 11.9. The summed E-state index contributed by atoms with van der Waals surface area (Å²) in [6.07, 6.45) is 0.783. The van der Waals surface area contributed by atoms with E-state index in [1.807, 2.05) is 37.3 Å². The van der Waals surface area contributed by atoms with E-state index in [1.54, 1.807) is 31.4 Å². The number of amides is 1. The Morgan fingerprint density at radius 3 is 2.43 bits per heavy atom. The van der Waals surface area contributed by atoms with Gasteiger partial charge >= 0.3 is 0 Å². The van der Waals surface area contributed by atoms with E-state index >= 15 is 0 Å². The van der Waals surface area contributed by atoms with E-state index in [2.05, 4.69) is 5.32 Å². The molecule has 2 aromatic rings. The van der Waals surface area contributed by atoms with Crippen LogP contribution in [0, 0.1) is 0 Å². The van der Waals surface area contributed by atoms with Gasteiger partial charge in [-0.3, -0.25) is 4.79 Å². The molecule has 0 aromatic heterocycles. The minimum absolute atomic E-state index is 0.156. The number of allylic oxidation sites excluding steroid dienone is 1. The fraction of sp³-hybridized carbons (Fsp3) is 0.211. The number of rotatable bonds is 6. The van der Waals surface area contributed by atoms with Crippen LogP contribution in [0.25, 0.3) is 5.57 Å². The van der Waals surface area contributed by atoms with Crippen LogP contribution in [-0.2, 0) is 4.79 Å². The van der Waals surface area contributed by atoms with Gasteiger partial charge in [0.05, 0.1) is 13.2 Å². The first-order valence-corrected chi connectivity index (χ1v) is 7.43. The minimum atomic E-state index is -0.754. The minimum Gasteiger partial charge on any atom is -0.497 e. The lowest BCUT2D eigenvalue weighted by Gasteiger charge is -2.12. The number of ether oxygens (including phenoxy) is 1. The molecule has 4 heteroatoms. The third-order valence-electron chi connectivity index (χ3n) is 3.55. The molecule has 0 radical (unpaired) electrons. The van der Waals surface area contributed by atoms with Gasteiger partial charge in [0.2, 0.25) is 5.91 Å². The van der Waals surface area contributed by atoms with Gasteiger partial charge in [-0.1, -0.05) is 42.5 Å². The quantitative estimate of drug-likeness (QED) is 0.806. The van der Waals surface area contributed by atoms with Crippen LogP contribution in [0.4, 0.5) is 0 Å². The summed E-state index contributed by atoms with van der Waals surface area (Å²) in [7, 11) is 1.59. The molecule has 0 aliphatic carbocycles. The molecule has 0 spiro atoms. The van der Waals surface area contributed by atoms with Gasteiger partial charge < -0.3 is 15.2 Å². The van der Waals surface area contributed by atoms with Crippen molar-refractivity contribution in [2.75, 3.05) is 13.7 Å². The highest BCUT2D eigenvalue weighted by Crippen LogP contribution is 2.17. The summed E-state index contributed by atoms with van der Waals surface area (Å²) >= 11 is 0. The molecule has 0 heterocycles. The van der Waals surface area contributed by atoms with Crippen molar-refractivity contribution in [1.29, 1.82) is 0 Å². The van der Waals surface area contributed by atoms with Crippen molar-refractivity contribution in [2.45, 2.75) is 13.0 Å². The van der Waals surface area contributed by atoms with E-state index < -0.39 is 6.10 Å². The van der Waals surface area contributed by atoms with Gasteiger partial charge in [0.25, 0.3) is 0 Å². The molecule has 4 nitrogen and oxygen atoms in total. The molecular weight excluding hydrogens is 290 g/mol. The molecule has 2 aromatic carbocycles. The summed E-state index contributed by atoms with van der Waals surface area (Å²) in [4.78, 5) is 11.9. The molecule has 0 bridgehead atoms. The molecular formula is C19H21NO3. The fourth-order valence-electron chi connectivity index (χ4n) is 2.17. The SMILES string of the molecule is COc1ccc(C(O)CNC(=O)C=C(C)c2ccccc2)cc1. The molecule has 0 fully saturated rings. The molecule has 0 saturated carbocycles. The predicted molar refractivity (Wildman–Crippen MR) is 91.1 cm³/mol. The standard InChI is InChI=1S/C19H21NO3/c1-14(15-6-4-3-5-7-15)12-19(22)20-13-18(21)16-8-10-17(23-2)11-9-16/h3-12,18,21H,13H2,1-2H3,(H,20,22). The first kappa shape index (κ1) is 16.8. The Balaban J connectivity index is 1.90. The maximum Gasteiger partial charge on any atom is 0.244 e. The van der Waals surface area contributed by atoms with E-state index in [-0.39, 0.29) is 12.5 Å². The Hall–Kier alpha value is -2.59. The molecule has 120 valence electrons. The summed E-state index contributed by atoms with van der Waals surface area (Å²) in [6.45, 7) is 2.04. The number of carbonyl (C=O) groups is 1. The number of nitrogens with one attached hydrogen (secondary N) is 1. The van der Waals surface area contributed by atoms with Crippen molar-refractivity contribution in [1.82, 2.24) is 5.32 Å². The van der Waals surface area contributed by atoms with Crippen LogP contribution in [0.2, 0.25) is 0 Å². The molecule has 0 aliphatic rings. The monoisotopic (exact) mass is 311 g/mol. The van der Waals surface area contributed by atoms with Gasteiger partial charge in [-0.2, -0.15) is 0 Å². The van der Waals surface area contributed by atoms with Gasteiger partial charge in [0, 0.05) is 12.6 Å². The third kappa shape index (κ3) is 4.97. The van der Waals surface area contributed by atoms with Crippen molar-refractivity contribution in [3.8, 4) is 5.75 Å². The van der Waals surface area contributed by atoms with Crippen molar-refractivity contribution >= 4 is 11.5 Å². The van der Waals surface area contributed by atoms with Crippen LogP contribution >= 0.6 is 0 Å². The highest BCUT2D eigenvalue weighted by atomic mass is 16.5. The summed E-state index contributed by atoms with van der Waals surface area (Å²) in [5, 5.41) is 12.8. The van der Waals surface area contributed by atoms with Crippen molar-refractivity contribution < 1.29 is 14.6 Å². The van der Waals surface area contributed by atoms with Crippen molar-refractivity contribution in [2.24, 2.45) is 0 Å². The van der Waals surface area contributed by atoms with Gasteiger partial charge in [-0.25, -0.2) is 0 Å². The Bertz CT molecular complexity index is 663. The topological polar surface area (TPSA) is 58.6 Å². The summed E-state index contributed by atoms with van der Waals surface area (Å²) < 4.78 is 5.07. The first-order chi connectivity index (χ1) is 11.1. The number of carbonyl (C=O) groups excluding carboxylic acids is 1. The third-order valence-corrected chi connectivity index (χ3v) is 3.55. The lowest BCUT2D eigenvalue weighted by atomic mass is 10.1. The van der Waals surface area contributed by atoms with Gasteiger partial charge in [-0.05, 0) is 35.8 Å². The van der Waals surface area contributed by atoms with Crippen molar-refractivity contribution in [3.05, 3.63) is 71.8 Å². The second kappa shape index (κ2) is 8.15. The first-order valence-electron chi connectivity index (χ1n) is 7.43. The molecule has 1 unspecified atom stereocenters. The Kier molecular flexibility index (Phi) is 5.94. The number of aliphatic hydroxyl groups is 1. The zero-order valence-electron chi connectivity index (χ0n) is 13.3. The smallest absolute Gasteiger partial charge is 0.244 e. The van der Waals surface area contributed by atoms with Crippen LogP contribution in [0.3, 0.4) is 0 Å². The van der Waals surface area contributed by atoms with Crippen LogP contribution in [0.5, 0.6) is 5.75 Å². The van der Waals surface area contributed by atoms with E-state index in [0.29, 0.717) is 0 Å². The predicted octanol–water partition coefficient (Wildman–Crippen LogP) is 2.95. The van der Waals surface area contributed by atoms with Crippen LogP contribution in [0.15, 0.2) is 60.7 Å². The number of hydrogen-bond donors (Lipinski definition) is 2. The Morgan fingerprint density at radius 2 is 1.83 bits per heavy atom. The van der Waals surface area contributed by atoms with E-state index in [0.717, 1.165) is 22.4 Å². The van der Waals surface area contributed by atoms with E-state index in [9.17, 15) is 9.90 Å². The normalized spacial score (nSPS) is 12.6. The Morgan fingerprint density at radius 1 is 1.17 bits per heavy atom. The highest BCUT2D eigenvalue weighted by Gasteiger charge is 2.09. The van der Waals surface area contributed by atoms with Crippen LogP contribution in [0.1, 0.15) is 24.2 Å². The molecule has 23 heavy (non-hydrogen) atoms. The van der Waals surface area contributed by atoms with Gasteiger partial charge in [0.1, 0.15) is 5.75 Å². The average Bonchev–Trinajstić information content (AvgIpc) is 2.60. The second-order valence-electron chi connectivity index (χ2n) is 5.23. The van der Waals surface area contributed by atoms with Crippen molar-refractivity contribution in [3.63, 3.8) is 0 Å². The zero-order valence-corrected chi connectivity index (χ0v) is 13.3. The molecule has 2 rings (SSSR count). The molecule has 0 aliphatic heterocycles. The van der Waals surface area contributed by atoms with Gasteiger partial charge in [0.15, 0.2) is 0 Å². The zero-order chi connectivity index (χ0) is 16.7. The largest absolute Gasteiger partial charge is 0.497 e. The fourth-order valence-corrected chi connectivity index (χ4v) is 2.17. The number of methoxy groups -OCH3 is 1. The Labute approximate surface area is 136 Å². The molecule has 0 saturated heterocycles. The lowest BCUT2D eigenvalue weighted by Crippen LogP contribution is -2.26.